The molecule has 0 atom stereocenters. The molecule has 0 fully saturated rings. The van der Waals surface area contributed by atoms with Crippen molar-refractivity contribution in [2.75, 3.05) is 0 Å². The number of phenols is 2. The number of hydrazone groups is 1. The highest BCUT2D eigenvalue weighted by atomic mass is 32.1. The molecule has 0 unspecified atom stereocenters. The molecule has 0 spiro atoms. The van der Waals surface area contributed by atoms with E-state index < -0.39 is 0 Å². The lowest BCUT2D eigenvalue weighted by molar-refractivity contribution is 0.0959. The van der Waals surface area contributed by atoms with Crippen molar-refractivity contribution in [3.8, 4) is 11.5 Å². The molecule has 0 aliphatic heterocycles. The Labute approximate surface area is 113 Å². The van der Waals surface area contributed by atoms with Gasteiger partial charge in [0.25, 0.3) is 5.91 Å². The van der Waals surface area contributed by atoms with Gasteiger partial charge in [-0.3, -0.25) is 4.79 Å². The maximum atomic E-state index is 11.7. The Bertz CT molecular complexity index is 621. The lowest BCUT2D eigenvalue weighted by atomic mass is 10.1. The predicted molar refractivity (Wildman–Crippen MR) is 73.8 cm³/mol. The smallest absolute Gasteiger partial charge is 0.281 e. The minimum Gasteiger partial charge on any atom is -0.508 e. The Kier molecular flexibility index (Phi) is 3.82. The van der Waals surface area contributed by atoms with Gasteiger partial charge < -0.3 is 10.2 Å². The number of aromatic hydroxyl groups is 2. The second-order valence-corrected chi connectivity index (χ2v) is 4.76. The van der Waals surface area contributed by atoms with E-state index in [2.05, 4.69) is 10.5 Å². The van der Waals surface area contributed by atoms with Crippen molar-refractivity contribution in [3.05, 3.63) is 46.2 Å². The third-order valence-electron chi connectivity index (χ3n) is 2.44. The largest absolute Gasteiger partial charge is 0.508 e. The fourth-order valence-corrected chi connectivity index (χ4v) is 2.10. The summed E-state index contributed by atoms with van der Waals surface area (Å²) in [6.45, 7) is 1.65. The van der Waals surface area contributed by atoms with Gasteiger partial charge in [0.15, 0.2) is 0 Å². The number of hydrogen-bond donors (Lipinski definition) is 3. The number of carbonyl (C=O) groups is 1. The minimum atomic E-state index is -0.299. The highest BCUT2D eigenvalue weighted by Gasteiger charge is 2.08. The summed E-state index contributed by atoms with van der Waals surface area (Å²) in [6, 6.07) is 7.66. The van der Waals surface area contributed by atoms with Crippen molar-refractivity contribution in [2.24, 2.45) is 5.10 Å². The maximum Gasteiger partial charge on any atom is 0.281 e. The van der Waals surface area contributed by atoms with Crippen LogP contribution in [0.1, 0.15) is 22.2 Å². The normalized spacial score (nSPS) is 11.3. The Balaban J connectivity index is 2.13. The number of benzene rings is 1. The number of amides is 1. The monoisotopic (exact) mass is 276 g/mol. The first-order valence-corrected chi connectivity index (χ1v) is 6.36. The first kappa shape index (κ1) is 13.1. The van der Waals surface area contributed by atoms with Crippen molar-refractivity contribution >= 4 is 23.0 Å². The van der Waals surface area contributed by atoms with Gasteiger partial charge in [-0.05, 0) is 30.5 Å². The van der Waals surface area contributed by atoms with E-state index in [1.807, 2.05) is 0 Å². The molecular weight excluding hydrogens is 264 g/mol. The summed E-state index contributed by atoms with van der Waals surface area (Å²) in [5, 5.41) is 24.6. The molecule has 2 rings (SSSR count). The zero-order chi connectivity index (χ0) is 13.8. The van der Waals surface area contributed by atoms with Gasteiger partial charge >= 0.3 is 0 Å². The van der Waals surface area contributed by atoms with E-state index in [9.17, 15) is 15.0 Å². The second-order valence-electron chi connectivity index (χ2n) is 3.82. The van der Waals surface area contributed by atoms with Crippen molar-refractivity contribution < 1.29 is 15.0 Å². The summed E-state index contributed by atoms with van der Waals surface area (Å²) < 4.78 is 0. The van der Waals surface area contributed by atoms with Gasteiger partial charge in [0, 0.05) is 11.6 Å². The molecular formula is C13H12N2O3S. The fraction of sp³-hybridized carbons (Fsp3) is 0.0769. The number of hydrogen-bond acceptors (Lipinski definition) is 5. The van der Waals surface area contributed by atoms with Crippen LogP contribution in [0.15, 0.2) is 40.8 Å². The highest BCUT2D eigenvalue weighted by Crippen LogP contribution is 2.22. The molecule has 0 aliphatic rings. The summed E-state index contributed by atoms with van der Waals surface area (Å²) >= 11 is 1.32. The fourth-order valence-electron chi connectivity index (χ4n) is 1.48. The number of rotatable bonds is 3. The Morgan fingerprint density at radius 1 is 1.32 bits per heavy atom. The number of nitrogens with one attached hydrogen (secondary N) is 1. The molecule has 2 aromatic rings. The van der Waals surface area contributed by atoms with Gasteiger partial charge in [-0.25, -0.2) is 5.43 Å². The standard InChI is InChI=1S/C13H12N2O3S/c1-8(10-5-4-9(16)7-11(10)17)14-15-13(18)12-3-2-6-19-12/h2-7,16-17H,1H3,(H,15,18). The summed E-state index contributed by atoms with van der Waals surface area (Å²) in [5.74, 6) is -0.420. The quantitative estimate of drug-likeness (QED) is 0.594. The van der Waals surface area contributed by atoms with Crippen molar-refractivity contribution in [1.29, 1.82) is 0 Å². The van der Waals surface area contributed by atoms with E-state index in [0.717, 1.165) is 0 Å². The van der Waals surface area contributed by atoms with E-state index >= 15 is 0 Å². The zero-order valence-corrected chi connectivity index (χ0v) is 10.9. The molecule has 6 heteroatoms. The number of phenolic OH excluding ortho intramolecular Hbond substituents is 2. The SMILES string of the molecule is CC(=NNC(=O)c1cccs1)c1ccc(O)cc1O. The molecule has 3 N–H and O–H groups in total. The average Bonchev–Trinajstić information content (AvgIpc) is 2.89. The van der Waals surface area contributed by atoms with E-state index in [0.29, 0.717) is 16.2 Å². The Morgan fingerprint density at radius 2 is 2.11 bits per heavy atom. The van der Waals surface area contributed by atoms with Crippen LogP contribution in [0.2, 0.25) is 0 Å². The van der Waals surface area contributed by atoms with Crippen LogP contribution >= 0.6 is 11.3 Å². The van der Waals surface area contributed by atoms with Crippen LogP contribution in [-0.4, -0.2) is 21.8 Å². The van der Waals surface area contributed by atoms with Crippen LogP contribution in [0.3, 0.4) is 0 Å². The summed E-state index contributed by atoms with van der Waals surface area (Å²) in [5.41, 5.74) is 3.31. The zero-order valence-electron chi connectivity index (χ0n) is 10.1. The molecule has 0 aliphatic carbocycles. The van der Waals surface area contributed by atoms with E-state index in [-0.39, 0.29) is 17.4 Å². The minimum absolute atomic E-state index is 0.0309. The van der Waals surface area contributed by atoms with Gasteiger partial charge in [-0.1, -0.05) is 6.07 Å². The number of carbonyl (C=O) groups excluding carboxylic acids is 1. The molecule has 5 nitrogen and oxygen atoms in total. The molecule has 19 heavy (non-hydrogen) atoms. The molecule has 1 heterocycles. The first-order valence-electron chi connectivity index (χ1n) is 5.48. The van der Waals surface area contributed by atoms with Crippen LogP contribution in [0.25, 0.3) is 0 Å². The van der Waals surface area contributed by atoms with Crippen molar-refractivity contribution in [2.45, 2.75) is 6.92 Å². The van der Waals surface area contributed by atoms with Crippen LogP contribution in [-0.2, 0) is 0 Å². The van der Waals surface area contributed by atoms with E-state index in [4.69, 9.17) is 0 Å². The summed E-state index contributed by atoms with van der Waals surface area (Å²) in [7, 11) is 0. The first-order chi connectivity index (χ1) is 9.08. The number of nitrogens with zero attached hydrogens (tertiary/aromatic N) is 1. The van der Waals surface area contributed by atoms with Gasteiger partial charge in [-0.2, -0.15) is 5.10 Å². The van der Waals surface area contributed by atoms with Gasteiger partial charge in [0.05, 0.1) is 10.6 Å². The van der Waals surface area contributed by atoms with Crippen LogP contribution in [0, 0.1) is 0 Å². The van der Waals surface area contributed by atoms with E-state index in [1.165, 1.54) is 29.5 Å². The van der Waals surface area contributed by atoms with Gasteiger partial charge in [0.2, 0.25) is 0 Å². The maximum absolute atomic E-state index is 11.7. The molecule has 1 aromatic carbocycles. The Hall–Kier alpha value is -2.34. The molecule has 1 aromatic heterocycles. The third-order valence-corrected chi connectivity index (χ3v) is 3.31. The molecule has 98 valence electrons. The summed E-state index contributed by atoms with van der Waals surface area (Å²) in [4.78, 5) is 12.2. The van der Waals surface area contributed by atoms with E-state index in [1.54, 1.807) is 24.4 Å². The lowest BCUT2D eigenvalue weighted by Crippen LogP contribution is -2.18. The second kappa shape index (κ2) is 5.53. The van der Waals surface area contributed by atoms with Crippen LogP contribution in [0.4, 0.5) is 0 Å². The Morgan fingerprint density at radius 3 is 2.74 bits per heavy atom. The average molecular weight is 276 g/mol. The predicted octanol–water partition coefficient (Wildman–Crippen LogP) is 2.31. The molecule has 0 radical (unpaired) electrons. The van der Waals surface area contributed by atoms with Crippen LogP contribution in [0.5, 0.6) is 11.5 Å². The highest BCUT2D eigenvalue weighted by molar-refractivity contribution is 7.12. The molecule has 0 bridgehead atoms. The van der Waals surface area contributed by atoms with Crippen molar-refractivity contribution in [3.63, 3.8) is 0 Å². The van der Waals surface area contributed by atoms with Crippen molar-refractivity contribution in [1.82, 2.24) is 5.43 Å². The third kappa shape index (κ3) is 3.11. The molecule has 0 saturated heterocycles. The van der Waals surface area contributed by atoms with Gasteiger partial charge in [0.1, 0.15) is 11.5 Å². The molecule has 1 amide bonds. The molecule has 0 saturated carbocycles. The summed E-state index contributed by atoms with van der Waals surface area (Å²) in [6.07, 6.45) is 0. The number of thiophene rings is 1. The van der Waals surface area contributed by atoms with Gasteiger partial charge in [-0.15, -0.1) is 11.3 Å². The lowest BCUT2D eigenvalue weighted by Gasteiger charge is -2.05. The van der Waals surface area contributed by atoms with Crippen LogP contribution < -0.4 is 5.43 Å². The topological polar surface area (TPSA) is 81.9 Å².